The van der Waals surface area contributed by atoms with E-state index in [1.807, 2.05) is 0 Å². The highest BCUT2D eigenvalue weighted by atomic mass is 28.4. The average Bonchev–Trinajstić information content (AvgIpc) is 2.72. The van der Waals surface area contributed by atoms with E-state index in [-0.39, 0.29) is 0 Å². The first-order chi connectivity index (χ1) is 8.87. The van der Waals surface area contributed by atoms with Gasteiger partial charge in [0.15, 0.2) is 8.32 Å². The van der Waals surface area contributed by atoms with Crippen molar-refractivity contribution in [1.82, 2.24) is 0 Å². The number of hydrogen-bond acceptors (Lipinski definition) is 1. The quantitative estimate of drug-likeness (QED) is 0.595. The Bertz CT molecular complexity index is 390. The highest BCUT2D eigenvalue weighted by Gasteiger charge is 2.42. The highest BCUT2D eigenvalue weighted by molar-refractivity contribution is 6.74. The Morgan fingerprint density at radius 2 is 1.95 bits per heavy atom. The Morgan fingerprint density at radius 1 is 1.26 bits per heavy atom. The van der Waals surface area contributed by atoms with Crippen LogP contribution >= 0.6 is 0 Å². The second-order valence-electron chi connectivity index (χ2n) is 7.30. The molecular weight excluding hydrogens is 248 g/mol. The van der Waals surface area contributed by atoms with Crippen molar-refractivity contribution in [3.63, 3.8) is 0 Å². The zero-order chi connectivity index (χ0) is 14.1. The van der Waals surface area contributed by atoms with Crippen molar-refractivity contribution in [3.05, 3.63) is 23.3 Å². The van der Waals surface area contributed by atoms with E-state index >= 15 is 0 Å². The van der Waals surface area contributed by atoms with Crippen molar-refractivity contribution >= 4 is 8.32 Å². The van der Waals surface area contributed by atoms with Crippen LogP contribution in [0.2, 0.25) is 18.1 Å². The van der Waals surface area contributed by atoms with Gasteiger partial charge in [-0.1, -0.05) is 39.3 Å². The molecule has 0 amide bonds. The summed E-state index contributed by atoms with van der Waals surface area (Å²) in [7, 11) is -1.68. The van der Waals surface area contributed by atoms with Crippen molar-refractivity contribution in [2.75, 3.05) is 0 Å². The fraction of sp³-hybridized carbons (Fsp3) is 0.765. The summed E-state index contributed by atoms with van der Waals surface area (Å²) in [6.45, 7) is 11.9. The molecule has 0 aromatic rings. The van der Waals surface area contributed by atoms with Crippen molar-refractivity contribution < 1.29 is 4.43 Å². The smallest absolute Gasteiger partial charge is 0.193 e. The normalized spacial score (nSPS) is 23.9. The van der Waals surface area contributed by atoms with Gasteiger partial charge in [0.2, 0.25) is 0 Å². The minimum absolute atomic E-state index is 0.299. The Kier molecular flexibility index (Phi) is 4.41. The lowest BCUT2D eigenvalue weighted by Gasteiger charge is -2.41. The van der Waals surface area contributed by atoms with E-state index in [0.29, 0.717) is 11.1 Å². The first kappa shape index (κ1) is 15.1. The SMILES string of the molecule is CCCC(C)(C)[Si](C)(C)O[C@@H]1C=CC2=C1CCCC2. The third-order valence-electron chi connectivity index (χ3n) is 5.30. The van der Waals surface area contributed by atoms with Crippen molar-refractivity contribution in [2.45, 2.75) is 83.5 Å². The molecule has 19 heavy (non-hydrogen) atoms. The standard InChI is InChI=1S/C17H30OSi/c1-6-13-17(2,3)19(4,5)18-16-12-11-14-9-7-8-10-15(14)16/h11-12,16H,6-10,13H2,1-5H3/t16-/m1/s1. The summed E-state index contributed by atoms with van der Waals surface area (Å²) in [6, 6.07) is 0. The van der Waals surface area contributed by atoms with Crippen LogP contribution in [0.15, 0.2) is 23.3 Å². The van der Waals surface area contributed by atoms with E-state index in [4.69, 9.17) is 4.43 Å². The summed E-state index contributed by atoms with van der Waals surface area (Å²) in [5, 5.41) is 0.355. The lowest BCUT2D eigenvalue weighted by atomic mass is 9.93. The molecule has 2 rings (SSSR count). The van der Waals surface area contributed by atoms with Crippen LogP contribution in [0.4, 0.5) is 0 Å². The number of rotatable bonds is 5. The molecule has 0 saturated carbocycles. The maximum Gasteiger partial charge on any atom is 0.193 e. The highest BCUT2D eigenvalue weighted by Crippen LogP contribution is 2.45. The summed E-state index contributed by atoms with van der Waals surface area (Å²) in [5.41, 5.74) is 3.17. The van der Waals surface area contributed by atoms with E-state index < -0.39 is 8.32 Å². The molecule has 2 aliphatic rings. The Morgan fingerprint density at radius 3 is 2.63 bits per heavy atom. The third-order valence-corrected chi connectivity index (χ3v) is 9.65. The van der Waals surface area contributed by atoms with E-state index in [1.165, 1.54) is 38.5 Å². The van der Waals surface area contributed by atoms with E-state index in [0.717, 1.165) is 0 Å². The van der Waals surface area contributed by atoms with Gasteiger partial charge in [-0.3, -0.25) is 0 Å². The molecule has 0 saturated heterocycles. The molecule has 0 unspecified atom stereocenters. The Balaban J connectivity index is 2.09. The molecule has 2 aliphatic carbocycles. The second-order valence-corrected chi connectivity index (χ2v) is 11.9. The zero-order valence-electron chi connectivity index (χ0n) is 13.4. The van der Waals surface area contributed by atoms with E-state index in [1.54, 1.807) is 11.1 Å². The molecule has 0 aromatic heterocycles. The fourth-order valence-corrected chi connectivity index (χ4v) is 5.33. The minimum atomic E-state index is -1.68. The predicted molar refractivity (Wildman–Crippen MR) is 85.9 cm³/mol. The van der Waals surface area contributed by atoms with Gasteiger partial charge in [0.1, 0.15) is 0 Å². The summed E-state index contributed by atoms with van der Waals surface area (Å²) in [5.74, 6) is 0. The zero-order valence-corrected chi connectivity index (χ0v) is 14.4. The molecule has 0 aromatic carbocycles. The molecule has 0 heterocycles. The van der Waals surface area contributed by atoms with Crippen LogP contribution in [0.25, 0.3) is 0 Å². The van der Waals surface area contributed by atoms with Crippen LogP contribution in [0.1, 0.15) is 59.3 Å². The first-order valence-electron chi connectivity index (χ1n) is 7.95. The molecule has 0 spiro atoms. The van der Waals surface area contributed by atoms with Crippen LogP contribution in [-0.4, -0.2) is 14.4 Å². The largest absolute Gasteiger partial charge is 0.407 e. The number of hydrogen-bond donors (Lipinski definition) is 0. The Labute approximate surface area is 120 Å². The monoisotopic (exact) mass is 278 g/mol. The van der Waals surface area contributed by atoms with Crippen LogP contribution in [0, 0.1) is 0 Å². The van der Waals surface area contributed by atoms with E-state index in [9.17, 15) is 0 Å². The first-order valence-corrected chi connectivity index (χ1v) is 10.9. The summed E-state index contributed by atoms with van der Waals surface area (Å²) in [4.78, 5) is 0. The van der Waals surface area contributed by atoms with E-state index in [2.05, 4.69) is 46.0 Å². The van der Waals surface area contributed by atoms with Crippen molar-refractivity contribution in [2.24, 2.45) is 0 Å². The summed E-state index contributed by atoms with van der Waals surface area (Å²) in [6.07, 6.45) is 12.7. The van der Waals surface area contributed by atoms with Crippen molar-refractivity contribution in [1.29, 1.82) is 0 Å². The lowest BCUT2D eigenvalue weighted by Crippen LogP contribution is -2.45. The molecule has 1 atom stereocenters. The van der Waals surface area contributed by atoms with Crippen molar-refractivity contribution in [3.8, 4) is 0 Å². The molecule has 108 valence electrons. The fourth-order valence-electron chi connectivity index (χ4n) is 3.30. The van der Waals surface area contributed by atoms with Gasteiger partial charge in [-0.2, -0.15) is 0 Å². The van der Waals surface area contributed by atoms with Crippen LogP contribution in [0.3, 0.4) is 0 Å². The van der Waals surface area contributed by atoms with Gasteiger partial charge in [-0.25, -0.2) is 0 Å². The summed E-state index contributed by atoms with van der Waals surface area (Å²) >= 11 is 0. The van der Waals surface area contributed by atoms with Gasteiger partial charge in [-0.15, -0.1) is 0 Å². The van der Waals surface area contributed by atoms with Gasteiger partial charge in [-0.05, 0) is 61.4 Å². The second kappa shape index (κ2) is 5.57. The Hall–Kier alpha value is -0.343. The lowest BCUT2D eigenvalue weighted by molar-refractivity contribution is 0.247. The topological polar surface area (TPSA) is 9.23 Å². The molecule has 1 nitrogen and oxygen atoms in total. The van der Waals surface area contributed by atoms with Gasteiger partial charge in [0.05, 0.1) is 6.10 Å². The van der Waals surface area contributed by atoms with Gasteiger partial charge in [0.25, 0.3) is 0 Å². The molecule has 0 radical (unpaired) electrons. The predicted octanol–water partition coefficient (Wildman–Crippen LogP) is 5.60. The molecular formula is C17H30OSi. The van der Waals surface area contributed by atoms with Gasteiger partial charge < -0.3 is 4.43 Å². The molecule has 0 bridgehead atoms. The molecule has 2 heteroatoms. The molecule has 0 aliphatic heterocycles. The van der Waals surface area contributed by atoms with Crippen LogP contribution in [0.5, 0.6) is 0 Å². The maximum absolute atomic E-state index is 6.68. The molecule has 0 N–H and O–H groups in total. The van der Waals surface area contributed by atoms with Gasteiger partial charge in [0, 0.05) is 0 Å². The molecule has 0 fully saturated rings. The summed E-state index contributed by atoms with van der Waals surface area (Å²) < 4.78 is 6.68. The maximum atomic E-state index is 6.68. The third kappa shape index (κ3) is 3.05. The number of allylic oxidation sites excluding steroid dienone is 2. The van der Waals surface area contributed by atoms with Gasteiger partial charge >= 0.3 is 0 Å². The van der Waals surface area contributed by atoms with Crippen LogP contribution < -0.4 is 0 Å². The minimum Gasteiger partial charge on any atom is -0.407 e. The van der Waals surface area contributed by atoms with Crippen LogP contribution in [-0.2, 0) is 4.43 Å². The average molecular weight is 279 g/mol.